The van der Waals surface area contributed by atoms with E-state index in [4.69, 9.17) is 18.8 Å². The van der Waals surface area contributed by atoms with E-state index in [1.54, 1.807) is 5.92 Å². The van der Waals surface area contributed by atoms with Gasteiger partial charge >= 0.3 is 26.2 Å². The van der Waals surface area contributed by atoms with Gasteiger partial charge in [0, 0.05) is 13.2 Å². The molecule has 0 saturated heterocycles. The minimum Gasteiger partial charge on any atom is -0.669 e. The van der Waals surface area contributed by atoms with E-state index in [1.165, 1.54) is 12.8 Å². The van der Waals surface area contributed by atoms with Crippen molar-refractivity contribution in [2.45, 2.75) is 122 Å². The van der Waals surface area contributed by atoms with Crippen LogP contribution in [-0.4, -0.2) is 58.9 Å². The van der Waals surface area contributed by atoms with Gasteiger partial charge in [-0.25, -0.2) is 0 Å². The quantitative estimate of drug-likeness (QED) is 0.163. The summed E-state index contributed by atoms with van der Waals surface area (Å²) >= 11 is 0. The van der Waals surface area contributed by atoms with Crippen LogP contribution in [0, 0.1) is 12.8 Å². The van der Waals surface area contributed by atoms with E-state index >= 15 is 0 Å². The molecule has 1 aromatic rings. The van der Waals surface area contributed by atoms with Crippen molar-refractivity contribution in [2.24, 2.45) is 0 Å². The summed E-state index contributed by atoms with van der Waals surface area (Å²) in [5.41, 5.74) is 2.42. The van der Waals surface area contributed by atoms with Gasteiger partial charge in [0.25, 0.3) is 0 Å². The number of hydrogen-bond acceptors (Lipinski definition) is 2. The van der Waals surface area contributed by atoms with Gasteiger partial charge in [0.05, 0.1) is 0 Å². The number of nitrogens with zero attached hydrogens (tertiary/aromatic N) is 2. The monoisotopic (exact) mass is 682 g/mol. The molecule has 2 rings (SSSR count). The maximum Gasteiger partial charge on any atom is 4.00 e. The summed E-state index contributed by atoms with van der Waals surface area (Å²) in [6, 6.07) is 12.2. The number of rotatable bonds is 12. The summed E-state index contributed by atoms with van der Waals surface area (Å²) in [4.78, 5) is 10.6. The van der Waals surface area contributed by atoms with E-state index in [9.17, 15) is 0 Å². The fourth-order valence-corrected chi connectivity index (χ4v) is 15.8. The molecule has 0 bridgehead atoms. The van der Waals surface area contributed by atoms with Crippen LogP contribution < -0.4 is 0 Å². The predicted octanol–water partition coefficient (Wildman–Crippen LogP) is 10.0. The summed E-state index contributed by atoms with van der Waals surface area (Å²) in [6.45, 7) is 33.5. The molecule has 0 N–H and O–H groups in total. The second-order valence-electron chi connectivity index (χ2n) is 14.6. The molecule has 0 radical (unpaired) electrons. The summed E-state index contributed by atoms with van der Waals surface area (Å²) in [7, 11) is -4.52. The minimum atomic E-state index is -1.87. The van der Waals surface area contributed by atoms with Crippen molar-refractivity contribution in [3.63, 3.8) is 0 Å². The molecule has 0 heterocycles. The van der Waals surface area contributed by atoms with Gasteiger partial charge < -0.3 is 24.7 Å². The van der Waals surface area contributed by atoms with E-state index < -0.39 is 33.1 Å². The van der Waals surface area contributed by atoms with E-state index in [0.717, 1.165) is 30.9 Å². The van der Waals surface area contributed by atoms with Gasteiger partial charge in [-0.2, -0.15) is 49.7 Å². The fourth-order valence-electron chi connectivity index (χ4n) is 5.76. The molecule has 4 atom stereocenters. The third-order valence-electron chi connectivity index (χ3n) is 7.58. The first-order valence-corrected chi connectivity index (χ1v) is 26.8. The molecule has 222 valence electrons. The van der Waals surface area contributed by atoms with Gasteiger partial charge in [-0.05, 0) is 39.3 Å². The zero-order chi connectivity index (χ0) is 29.4. The van der Waals surface area contributed by atoms with E-state index in [-0.39, 0.29) is 31.7 Å². The second-order valence-corrected chi connectivity index (χ2v) is 32.1. The van der Waals surface area contributed by atoms with E-state index in [1.807, 2.05) is 30.3 Å². The summed E-state index contributed by atoms with van der Waals surface area (Å²) in [5, 5.41) is 0. The average molecular weight is 684 g/mol. The molecule has 9 heteroatoms. The number of hydrogen-bond donors (Lipinski definition) is 0. The third-order valence-corrected chi connectivity index (χ3v) is 18.8. The molecular formula is C30H60N2O2Si4Zr. The van der Waals surface area contributed by atoms with Crippen LogP contribution in [0.3, 0.4) is 0 Å². The second kappa shape index (κ2) is 16.5. The Kier molecular flexibility index (Phi) is 16.8. The molecule has 1 aliphatic carbocycles. The first kappa shape index (κ1) is 39.7. The molecule has 4 unspecified atom stereocenters. The average Bonchev–Trinajstić information content (AvgIpc) is 3.14. The van der Waals surface area contributed by atoms with Crippen LogP contribution >= 0.6 is 0 Å². The van der Waals surface area contributed by atoms with Gasteiger partial charge in [-0.15, -0.1) is 17.7 Å². The van der Waals surface area contributed by atoms with Crippen molar-refractivity contribution in [3.8, 4) is 0 Å². The zero-order valence-electron chi connectivity index (χ0n) is 27.7. The van der Waals surface area contributed by atoms with Crippen LogP contribution in [0.2, 0.25) is 75.5 Å². The largest absolute Gasteiger partial charge is 4.00 e. The van der Waals surface area contributed by atoms with Crippen molar-refractivity contribution in [1.82, 2.24) is 0 Å². The molecule has 1 fully saturated rings. The summed E-state index contributed by atoms with van der Waals surface area (Å²) < 4.78 is 12.6. The Morgan fingerprint density at radius 1 is 0.821 bits per heavy atom. The first-order valence-electron chi connectivity index (χ1n) is 14.5. The Morgan fingerprint density at radius 2 is 1.23 bits per heavy atom. The van der Waals surface area contributed by atoms with Gasteiger partial charge in [0.2, 0.25) is 0 Å². The van der Waals surface area contributed by atoms with Crippen LogP contribution in [0.4, 0.5) is 0 Å². The standard InChI is InChI=1S/C23H53N2O2Si4.C7H7.Zr/c1-20-21(30(12,24-5)18-16-26-28(6,7)8)14-15-22(20)31(13,25-23(2,3)4)19-17-27-29(9,10)11;1-7-5-3-2-4-6-7;/h21-22H,14-19H2,1-13H3;2-6H,1H2;/q-3;-1;+4. The van der Waals surface area contributed by atoms with Crippen molar-refractivity contribution >= 4 is 33.1 Å². The maximum atomic E-state index is 6.32. The molecule has 1 aliphatic rings. The summed E-state index contributed by atoms with van der Waals surface area (Å²) in [6.07, 6.45) is 2.58. The van der Waals surface area contributed by atoms with Crippen LogP contribution in [0.5, 0.6) is 0 Å². The topological polar surface area (TPSA) is 46.7 Å². The van der Waals surface area contributed by atoms with E-state index in [0.29, 0.717) is 11.1 Å². The van der Waals surface area contributed by atoms with Crippen molar-refractivity contribution in [3.05, 3.63) is 58.7 Å². The van der Waals surface area contributed by atoms with Crippen LogP contribution in [-0.2, 0) is 35.1 Å². The van der Waals surface area contributed by atoms with Crippen LogP contribution in [0.25, 0.3) is 9.96 Å². The molecule has 0 aliphatic heterocycles. The normalized spacial score (nSPS) is 21.8. The van der Waals surface area contributed by atoms with Crippen molar-refractivity contribution < 1.29 is 35.1 Å². The molecule has 0 aromatic heterocycles. The first-order chi connectivity index (χ1) is 17.2. The molecule has 1 saturated carbocycles. The Labute approximate surface area is 267 Å². The van der Waals surface area contributed by atoms with Gasteiger partial charge in [-0.1, -0.05) is 81.3 Å². The smallest absolute Gasteiger partial charge is 0.669 e. The van der Waals surface area contributed by atoms with E-state index in [2.05, 4.69) is 94.0 Å². The SMILES string of the molecule is C[N-][Si](C)(CCO[Si](C)(C)C)C1CCC([Si](C)(CCO[Si](C)(C)C)[N-]C(C)(C)C)[C-]1C.[CH2-]c1ccccc1.[Zr+4]. The molecule has 4 nitrogen and oxygen atoms in total. The minimum absolute atomic E-state index is 0. The molecule has 1 aromatic carbocycles. The van der Waals surface area contributed by atoms with Crippen molar-refractivity contribution in [2.75, 3.05) is 20.3 Å². The fraction of sp³-hybridized carbons (Fsp3) is 0.733. The van der Waals surface area contributed by atoms with Crippen LogP contribution in [0.1, 0.15) is 46.1 Å². The molecular weight excluding hydrogens is 624 g/mol. The molecule has 39 heavy (non-hydrogen) atoms. The molecule has 0 amide bonds. The van der Waals surface area contributed by atoms with Gasteiger partial charge in [0.15, 0.2) is 16.6 Å². The zero-order valence-corrected chi connectivity index (χ0v) is 34.2. The van der Waals surface area contributed by atoms with Crippen LogP contribution in [0.15, 0.2) is 30.3 Å². The maximum absolute atomic E-state index is 6.32. The Morgan fingerprint density at radius 3 is 1.56 bits per heavy atom. The Hall–Kier alpha value is 0.681. The Bertz CT molecular complexity index is 814. The molecule has 0 spiro atoms. The van der Waals surface area contributed by atoms with Gasteiger partial charge in [0.1, 0.15) is 0 Å². The van der Waals surface area contributed by atoms with Crippen molar-refractivity contribution in [1.29, 1.82) is 0 Å². The predicted molar refractivity (Wildman–Crippen MR) is 180 cm³/mol. The summed E-state index contributed by atoms with van der Waals surface area (Å²) in [5.74, 6) is 1.71. The third kappa shape index (κ3) is 15.1. The Balaban J connectivity index is 0.00000156. The number of benzene rings is 1. The van der Waals surface area contributed by atoms with Gasteiger partial charge in [-0.3, -0.25) is 0 Å².